The Hall–Kier alpha value is -1.14. The quantitative estimate of drug-likeness (QED) is 0.669. The van der Waals surface area contributed by atoms with Gasteiger partial charge in [0.2, 0.25) is 0 Å². The average molecular weight is 261 g/mol. The molecular formula is C11H13F2NO2S. The summed E-state index contributed by atoms with van der Waals surface area (Å²) in [6, 6.07) is 2.09. The summed E-state index contributed by atoms with van der Waals surface area (Å²) in [6.45, 7) is 3.11. The van der Waals surface area contributed by atoms with E-state index in [-0.39, 0.29) is 5.69 Å². The highest BCUT2D eigenvalue weighted by Crippen LogP contribution is 2.24. The van der Waals surface area contributed by atoms with Crippen LogP contribution >= 0.6 is 0 Å². The smallest absolute Gasteiger partial charge is 0.171 e. The lowest BCUT2D eigenvalue weighted by Gasteiger charge is -2.12. The first-order valence-electron chi connectivity index (χ1n) is 4.97. The van der Waals surface area contributed by atoms with Crippen LogP contribution in [0.25, 0.3) is 0 Å². The first-order chi connectivity index (χ1) is 7.84. The molecule has 0 saturated heterocycles. The summed E-state index contributed by atoms with van der Waals surface area (Å²) in [4.78, 5) is 11.6. The fourth-order valence-electron chi connectivity index (χ4n) is 1.30. The topological polar surface area (TPSA) is 52.2 Å². The van der Waals surface area contributed by atoms with Gasteiger partial charge in [0.15, 0.2) is 11.6 Å². The van der Waals surface area contributed by atoms with Crippen LogP contribution < -0.4 is 4.72 Å². The molecule has 17 heavy (non-hydrogen) atoms. The van der Waals surface area contributed by atoms with Crippen LogP contribution in [0.4, 0.5) is 14.5 Å². The fraction of sp³-hybridized carbons (Fsp3) is 0.364. The molecular weight excluding hydrogens is 248 g/mol. The molecule has 0 radical (unpaired) electrons. The number of hydrogen-bond acceptors (Lipinski definition) is 3. The SMILES string of the molecule is CC(C)C(=O)c1c(F)ccc(N[S+](C)[O-])c1F. The zero-order valence-corrected chi connectivity index (χ0v) is 10.5. The van der Waals surface area contributed by atoms with E-state index in [9.17, 15) is 18.1 Å². The van der Waals surface area contributed by atoms with Gasteiger partial charge in [-0.2, -0.15) is 0 Å². The number of benzene rings is 1. The van der Waals surface area contributed by atoms with Crippen LogP contribution in [0.2, 0.25) is 0 Å². The second-order valence-corrected chi connectivity index (χ2v) is 4.97. The second kappa shape index (κ2) is 5.46. The van der Waals surface area contributed by atoms with E-state index in [0.717, 1.165) is 12.1 Å². The van der Waals surface area contributed by atoms with Gasteiger partial charge in [-0.3, -0.25) is 4.79 Å². The van der Waals surface area contributed by atoms with Gasteiger partial charge in [0, 0.05) is 5.92 Å². The van der Waals surface area contributed by atoms with Crippen molar-refractivity contribution < 1.29 is 18.1 Å². The van der Waals surface area contributed by atoms with Gasteiger partial charge < -0.3 is 4.55 Å². The third-order valence-corrected chi connectivity index (χ3v) is 2.62. The molecule has 0 aliphatic heterocycles. The molecule has 0 aliphatic rings. The summed E-state index contributed by atoms with van der Waals surface area (Å²) < 4.78 is 40.5. The van der Waals surface area contributed by atoms with Crippen molar-refractivity contribution in [2.45, 2.75) is 13.8 Å². The number of carbonyl (C=O) groups is 1. The van der Waals surface area contributed by atoms with Gasteiger partial charge in [-0.15, -0.1) is 0 Å². The maximum atomic E-state index is 13.8. The van der Waals surface area contributed by atoms with Gasteiger partial charge in [-0.1, -0.05) is 13.8 Å². The third-order valence-electron chi connectivity index (χ3n) is 2.12. The van der Waals surface area contributed by atoms with E-state index in [0.29, 0.717) is 0 Å². The Morgan fingerprint density at radius 1 is 1.41 bits per heavy atom. The second-order valence-electron chi connectivity index (χ2n) is 3.86. The Kier molecular flexibility index (Phi) is 4.47. The van der Waals surface area contributed by atoms with Gasteiger partial charge in [-0.05, 0) is 12.1 Å². The Morgan fingerprint density at radius 3 is 2.47 bits per heavy atom. The molecule has 0 aliphatic carbocycles. The molecule has 1 rings (SSSR count). The maximum absolute atomic E-state index is 13.8. The standard InChI is InChI=1S/C11H13F2NO2S/c1-6(2)11(15)9-7(12)4-5-8(10(9)13)14-17(3)16/h4-6,14H,1-3H3. The molecule has 94 valence electrons. The van der Waals surface area contributed by atoms with Crippen LogP contribution in [0.3, 0.4) is 0 Å². The van der Waals surface area contributed by atoms with Crippen molar-refractivity contribution in [3.63, 3.8) is 0 Å². The van der Waals surface area contributed by atoms with Crippen molar-refractivity contribution in [2.24, 2.45) is 5.92 Å². The van der Waals surface area contributed by atoms with E-state index < -0.39 is 40.3 Å². The number of hydrogen-bond donors (Lipinski definition) is 1. The molecule has 3 nitrogen and oxygen atoms in total. The molecule has 0 heterocycles. The minimum atomic E-state index is -1.49. The predicted molar refractivity (Wildman–Crippen MR) is 63.2 cm³/mol. The third kappa shape index (κ3) is 3.17. The van der Waals surface area contributed by atoms with Crippen molar-refractivity contribution in [3.8, 4) is 0 Å². The molecule has 0 spiro atoms. The molecule has 1 unspecified atom stereocenters. The Balaban J connectivity index is 3.24. The zero-order chi connectivity index (χ0) is 13.2. The highest BCUT2D eigenvalue weighted by molar-refractivity contribution is 7.92. The molecule has 1 atom stereocenters. The normalized spacial score (nSPS) is 12.6. The first-order valence-corrected chi connectivity index (χ1v) is 6.52. The van der Waals surface area contributed by atoms with Crippen molar-refractivity contribution in [1.82, 2.24) is 0 Å². The lowest BCUT2D eigenvalue weighted by Crippen LogP contribution is -2.16. The first kappa shape index (κ1) is 13.9. The van der Waals surface area contributed by atoms with Crippen molar-refractivity contribution >= 4 is 22.8 Å². The molecule has 6 heteroatoms. The number of carbonyl (C=O) groups excluding carboxylic acids is 1. The fourth-order valence-corrected chi connectivity index (χ4v) is 1.77. The molecule has 1 aromatic rings. The van der Waals surface area contributed by atoms with Crippen LogP contribution in [0.15, 0.2) is 12.1 Å². The summed E-state index contributed by atoms with van der Waals surface area (Å²) in [5.74, 6) is -3.04. The lowest BCUT2D eigenvalue weighted by molar-refractivity contribution is 0.0931. The minimum Gasteiger partial charge on any atom is -0.593 e. The van der Waals surface area contributed by atoms with Crippen molar-refractivity contribution in [3.05, 3.63) is 29.3 Å². The molecule has 0 amide bonds. The van der Waals surface area contributed by atoms with Gasteiger partial charge in [0.25, 0.3) is 0 Å². The number of rotatable bonds is 4. The van der Waals surface area contributed by atoms with Crippen LogP contribution in [-0.4, -0.2) is 16.6 Å². The number of nitrogens with one attached hydrogen (secondary N) is 1. The van der Waals surface area contributed by atoms with Crippen LogP contribution in [-0.2, 0) is 11.4 Å². The summed E-state index contributed by atoms with van der Waals surface area (Å²) in [6.07, 6.45) is 1.31. The molecule has 0 fully saturated rings. The molecule has 1 N–H and O–H groups in total. The number of ketones is 1. The average Bonchev–Trinajstić information content (AvgIpc) is 2.21. The molecule has 0 bridgehead atoms. The highest BCUT2D eigenvalue weighted by atomic mass is 32.2. The van der Waals surface area contributed by atoms with Crippen LogP contribution in [0.1, 0.15) is 24.2 Å². The lowest BCUT2D eigenvalue weighted by atomic mass is 9.99. The van der Waals surface area contributed by atoms with E-state index in [1.165, 1.54) is 6.26 Å². The van der Waals surface area contributed by atoms with E-state index >= 15 is 0 Å². The number of Topliss-reactive ketones (excluding diaryl/α,β-unsaturated/α-hetero) is 1. The monoisotopic (exact) mass is 261 g/mol. The maximum Gasteiger partial charge on any atom is 0.171 e. The van der Waals surface area contributed by atoms with E-state index in [1.807, 2.05) is 0 Å². The Labute approximate surface area is 102 Å². The van der Waals surface area contributed by atoms with Crippen LogP contribution in [0.5, 0.6) is 0 Å². The largest absolute Gasteiger partial charge is 0.593 e. The van der Waals surface area contributed by atoms with Gasteiger partial charge >= 0.3 is 0 Å². The van der Waals surface area contributed by atoms with Crippen molar-refractivity contribution in [1.29, 1.82) is 0 Å². The van der Waals surface area contributed by atoms with E-state index in [4.69, 9.17) is 0 Å². The van der Waals surface area contributed by atoms with Gasteiger partial charge in [-0.25, -0.2) is 13.5 Å². The summed E-state index contributed by atoms with van der Waals surface area (Å²) >= 11 is -1.49. The number of halogens is 2. The Morgan fingerprint density at radius 2 is 2.00 bits per heavy atom. The number of anilines is 1. The summed E-state index contributed by atoms with van der Waals surface area (Å²) in [7, 11) is 0. The summed E-state index contributed by atoms with van der Waals surface area (Å²) in [5, 5.41) is 0. The van der Waals surface area contributed by atoms with Crippen molar-refractivity contribution in [2.75, 3.05) is 11.0 Å². The van der Waals surface area contributed by atoms with E-state index in [2.05, 4.69) is 4.72 Å². The Bertz CT molecular complexity index is 436. The molecule has 0 saturated carbocycles. The molecule has 0 aromatic heterocycles. The van der Waals surface area contributed by atoms with Gasteiger partial charge in [0.1, 0.15) is 17.8 Å². The zero-order valence-electron chi connectivity index (χ0n) is 9.71. The summed E-state index contributed by atoms with van der Waals surface area (Å²) in [5.41, 5.74) is -0.730. The van der Waals surface area contributed by atoms with Crippen LogP contribution in [0, 0.1) is 17.6 Å². The predicted octanol–water partition coefficient (Wildman–Crippen LogP) is 2.51. The van der Waals surface area contributed by atoms with E-state index in [1.54, 1.807) is 13.8 Å². The molecule has 1 aromatic carbocycles. The minimum absolute atomic E-state index is 0.142. The highest BCUT2D eigenvalue weighted by Gasteiger charge is 2.23. The van der Waals surface area contributed by atoms with Gasteiger partial charge in [0.05, 0.1) is 16.9 Å².